The molecule has 0 aromatic rings. The minimum atomic E-state index is -0.743. The Morgan fingerprint density at radius 3 is 2.20 bits per heavy atom. The highest BCUT2D eigenvalue weighted by Crippen LogP contribution is 2.25. The maximum absolute atomic E-state index is 12.5. The van der Waals surface area contributed by atoms with Crippen LogP contribution in [0.5, 0.6) is 0 Å². The fraction of sp³-hybridized carbons (Fsp3) is 0.867. The number of amides is 1. The van der Waals surface area contributed by atoms with Gasteiger partial charge in [-0.1, -0.05) is 6.92 Å². The molecule has 5 heteroatoms. The lowest BCUT2D eigenvalue weighted by atomic mass is 9.97. The van der Waals surface area contributed by atoms with Crippen molar-refractivity contribution < 1.29 is 14.7 Å². The summed E-state index contributed by atoms with van der Waals surface area (Å²) in [5.74, 6) is -0.800. The van der Waals surface area contributed by atoms with E-state index in [1.54, 1.807) is 0 Å². The van der Waals surface area contributed by atoms with Gasteiger partial charge in [0.2, 0.25) is 5.91 Å². The zero-order valence-corrected chi connectivity index (χ0v) is 12.7. The first-order valence-corrected chi connectivity index (χ1v) is 7.66. The van der Waals surface area contributed by atoms with Gasteiger partial charge in [0.1, 0.15) is 0 Å². The van der Waals surface area contributed by atoms with E-state index in [2.05, 4.69) is 13.8 Å². The van der Waals surface area contributed by atoms with Gasteiger partial charge in [0.25, 0.3) is 0 Å². The van der Waals surface area contributed by atoms with Gasteiger partial charge >= 0.3 is 5.97 Å². The molecule has 0 radical (unpaired) electrons. The minimum absolute atomic E-state index is 0.122. The molecule has 2 heterocycles. The molecule has 2 unspecified atom stereocenters. The largest absolute Gasteiger partial charge is 0.481 e. The zero-order chi connectivity index (χ0) is 14.9. The average Bonchev–Trinajstić information content (AvgIpc) is 2.70. The summed E-state index contributed by atoms with van der Waals surface area (Å²) in [6, 6.07) is 0.614. The lowest BCUT2D eigenvalue weighted by Gasteiger charge is -2.39. The molecule has 2 fully saturated rings. The SMILES string of the molecule is CC1CCCC(C)N1C(=O)CN1C[C@@H](C)[C@H](C(=O)O)C1. The van der Waals surface area contributed by atoms with Gasteiger partial charge in [-0.15, -0.1) is 0 Å². The molecule has 0 saturated carbocycles. The first-order chi connectivity index (χ1) is 9.40. The van der Waals surface area contributed by atoms with Crippen molar-refractivity contribution in [3.05, 3.63) is 0 Å². The number of hydrogen-bond acceptors (Lipinski definition) is 3. The van der Waals surface area contributed by atoms with Crippen molar-refractivity contribution in [2.75, 3.05) is 19.6 Å². The van der Waals surface area contributed by atoms with E-state index in [0.29, 0.717) is 31.7 Å². The summed E-state index contributed by atoms with van der Waals surface area (Å²) in [4.78, 5) is 27.6. The van der Waals surface area contributed by atoms with Crippen molar-refractivity contribution >= 4 is 11.9 Å². The van der Waals surface area contributed by atoms with Crippen LogP contribution in [-0.2, 0) is 9.59 Å². The molecular formula is C15H26N2O3. The highest BCUT2D eigenvalue weighted by atomic mass is 16.4. The van der Waals surface area contributed by atoms with Crippen LogP contribution in [0, 0.1) is 11.8 Å². The lowest BCUT2D eigenvalue weighted by molar-refractivity contribution is -0.143. The van der Waals surface area contributed by atoms with E-state index >= 15 is 0 Å². The van der Waals surface area contributed by atoms with Gasteiger partial charge in [0.15, 0.2) is 0 Å². The second-order valence-electron chi connectivity index (χ2n) is 6.55. The number of rotatable bonds is 3. The number of aliphatic carboxylic acids is 1. The van der Waals surface area contributed by atoms with Crippen LogP contribution in [0.4, 0.5) is 0 Å². The number of carbonyl (C=O) groups excluding carboxylic acids is 1. The van der Waals surface area contributed by atoms with Crippen molar-refractivity contribution in [3.8, 4) is 0 Å². The van der Waals surface area contributed by atoms with Crippen LogP contribution in [0.2, 0.25) is 0 Å². The third-order valence-electron chi connectivity index (χ3n) is 4.85. The molecule has 4 atom stereocenters. The van der Waals surface area contributed by atoms with E-state index in [9.17, 15) is 9.59 Å². The quantitative estimate of drug-likeness (QED) is 0.850. The van der Waals surface area contributed by atoms with Crippen LogP contribution < -0.4 is 0 Å². The molecule has 2 saturated heterocycles. The first kappa shape index (κ1) is 15.3. The van der Waals surface area contributed by atoms with Crippen LogP contribution in [0.1, 0.15) is 40.0 Å². The first-order valence-electron chi connectivity index (χ1n) is 7.66. The maximum Gasteiger partial charge on any atom is 0.308 e. The molecule has 2 aliphatic heterocycles. The molecular weight excluding hydrogens is 256 g/mol. The second kappa shape index (κ2) is 6.12. The Bertz CT molecular complexity index is 375. The van der Waals surface area contributed by atoms with Crippen molar-refractivity contribution in [1.29, 1.82) is 0 Å². The molecule has 0 aromatic carbocycles. The number of nitrogens with zero attached hydrogens (tertiary/aromatic N) is 2. The van der Waals surface area contributed by atoms with Crippen LogP contribution in [0.15, 0.2) is 0 Å². The Morgan fingerprint density at radius 1 is 1.10 bits per heavy atom. The van der Waals surface area contributed by atoms with Gasteiger partial charge in [-0.3, -0.25) is 14.5 Å². The molecule has 2 aliphatic rings. The van der Waals surface area contributed by atoms with Gasteiger partial charge in [-0.25, -0.2) is 0 Å². The number of carboxylic acid groups (broad SMARTS) is 1. The van der Waals surface area contributed by atoms with E-state index < -0.39 is 5.97 Å². The van der Waals surface area contributed by atoms with E-state index in [1.165, 1.54) is 6.42 Å². The molecule has 114 valence electrons. The van der Waals surface area contributed by atoms with Gasteiger partial charge in [-0.05, 0) is 39.0 Å². The number of piperidine rings is 1. The summed E-state index contributed by atoms with van der Waals surface area (Å²) >= 11 is 0. The summed E-state index contributed by atoms with van der Waals surface area (Å²) in [6.45, 7) is 7.75. The van der Waals surface area contributed by atoms with Crippen molar-refractivity contribution in [2.45, 2.75) is 52.1 Å². The fourth-order valence-electron chi connectivity index (χ4n) is 3.70. The Labute approximate surface area is 120 Å². The predicted octanol–water partition coefficient (Wildman–Crippen LogP) is 1.43. The molecule has 1 N–H and O–H groups in total. The summed E-state index contributed by atoms with van der Waals surface area (Å²) in [6.07, 6.45) is 3.34. The molecule has 2 rings (SSSR count). The van der Waals surface area contributed by atoms with Crippen molar-refractivity contribution in [1.82, 2.24) is 9.80 Å². The Morgan fingerprint density at radius 2 is 1.70 bits per heavy atom. The van der Waals surface area contributed by atoms with Crippen molar-refractivity contribution in [3.63, 3.8) is 0 Å². The van der Waals surface area contributed by atoms with Gasteiger partial charge in [0.05, 0.1) is 12.5 Å². The third kappa shape index (κ3) is 3.14. The van der Waals surface area contributed by atoms with E-state index in [0.717, 1.165) is 12.8 Å². The molecule has 0 spiro atoms. The van der Waals surface area contributed by atoms with Crippen LogP contribution in [-0.4, -0.2) is 58.5 Å². The zero-order valence-electron chi connectivity index (χ0n) is 12.7. The summed E-state index contributed by atoms with van der Waals surface area (Å²) in [5.41, 5.74) is 0. The smallest absolute Gasteiger partial charge is 0.308 e. The fourth-order valence-corrected chi connectivity index (χ4v) is 3.70. The lowest BCUT2D eigenvalue weighted by Crippen LogP contribution is -2.50. The summed E-state index contributed by atoms with van der Waals surface area (Å²) in [7, 11) is 0. The molecule has 0 aromatic heterocycles. The van der Waals surface area contributed by atoms with Crippen LogP contribution in [0.25, 0.3) is 0 Å². The molecule has 0 bridgehead atoms. The average molecular weight is 282 g/mol. The summed E-state index contributed by atoms with van der Waals surface area (Å²) < 4.78 is 0. The Balaban J connectivity index is 1.93. The van der Waals surface area contributed by atoms with Crippen LogP contribution >= 0.6 is 0 Å². The number of carbonyl (C=O) groups is 2. The standard InChI is InChI=1S/C15H26N2O3/c1-10-7-16(8-13(10)15(19)20)9-14(18)17-11(2)5-4-6-12(17)3/h10-13H,4-9H2,1-3H3,(H,19,20)/t10-,11?,12?,13-/m1/s1. The number of carboxylic acids is 1. The Hall–Kier alpha value is -1.10. The number of hydrogen-bond donors (Lipinski definition) is 1. The monoisotopic (exact) mass is 282 g/mol. The Kier molecular flexibility index (Phi) is 4.68. The highest BCUT2D eigenvalue weighted by Gasteiger charge is 2.37. The molecule has 0 aliphatic carbocycles. The van der Waals surface area contributed by atoms with E-state index in [1.807, 2.05) is 16.7 Å². The van der Waals surface area contributed by atoms with E-state index in [4.69, 9.17) is 5.11 Å². The third-order valence-corrected chi connectivity index (χ3v) is 4.85. The van der Waals surface area contributed by atoms with E-state index in [-0.39, 0.29) is 17.7 Å². The highest BCUT2D eigenvalue weighted by molar-refractivity contribution is 5.79. The minimum Gasteiger partial charge on any atom is -0.481 e. The summed E-state index contributed by atoms with van der Waals surface area (Å²) in [5, 5.41) is 9.15. The van der Waals surface area contributed by atoms with Crippen LogP contribution in [0.3, 0.4) is 0 Å². The number of likely N-dealkylation sites (tertiary alicyclic amines) is 2. The molecule has 5 nitrogen and oxygen atoms in total. The predicted molar refractivity (Wildman–Crippen MR) is 76.4 cm³/mol. The van der Waals surface area contributed by atoms with Gasteiger partial charge in [-0.2, -0.15) is 0 Å². The molecule has 1 amide bonds. The second-order valence-corrected chi connectivity index (χ2v) is 6.55. The van der Waals surface area contributed by atoms with Gasteiger partial charge in [0, 0.05) is 25.2 Å². The molecule has 20 heavy (non-hydrogen) atoms. The van der Waals surface area contributed by atoms with Crippen molar-refractivity contribution in [2.24, 2.45) is 11.8 Å². The normalized spacial score (nSPS) is 35.2. The maximum atomic E-state index is 12.5. The topological polar surface area (TPSA) is 60.9 Å². The van der Waals surface area contributed by atoms with Gasteiger partial charge < -0.3 is 10.0 Å².